The van der Waals surface area contributed by atoms with Crippen LogP contribution in [0.15, 0.2) is 18.2 Å². The van der Waals surface area contributed by atoms with Gasteiger partial charge >= 0.3 is 0 Å². The van der Waals surface area contributed by atoms with Gasteiger partial charge in [-0.25, -0.2) is 0 Å². The first-order valence-electron chi connectivity index (χ1n) is 6.81. The van der Waals surface area contributed by atoms with Crippen molar-refractivity contribution in [3.63, 3.8) is 0 Å². The first-order chi connectivity index (χ1) is 9.33. The highest BCUT2D eigenvalue weighted by atomic mass is 16.5. The molecule has 1 aromatic carbocycles. The number of benzene rings is 1. The third-order valence-corrected chi connectivity index (χ3v) is 2.82. The molecule has 1 N–H and O–H groups in total. The minimum Gasteiger partial charge on any atom is -0.493 e. The highest BCUT2D eigenvalue weighted by molar-refractivity contribution is 5.46. The number of methoxy groups -OCH3 is 2. The summed E-state index contributed by atoms with van der Waals surface area (Å²) >= 11 is 0. The van der Waals surface area contributed by atoms with Crippen LogP contribution in [0.3, 0.4) is 0 Å². The molecule has 19 heavy (non-hydrogen) atoms. The second kappa shape index (κ2) is 9.64. The molecule has 4 heteroatoms. The Kier molecular flexibility index (Phi) is 8.02. The molecule has 0 aliphatic heterocycles. The molecule has 0 unspecified atom stereocenters. The van der Waals surface area contributed by atoms with E-state index < -0.39 is 0 Å². The summed E-state index contributed by atoms with van der Waals surface area (Å²) in [6.07, 6.45) is 2.17. The molecular weight excluding hydrogens is 242 g/mol. The topological polar surface area (TPSA) is 39.7 Å². The summed E-state index contributed by atoms with van der Waals surface area (Å²) in [5.74, 6) is 1.64. The number of rotatable bonds is 10. The van der Waals surface area contributed by atoms with Crippen molar-refractivity contribution in [2.24, 2.45) is 0 Å². The van der Waals surface area contributed by atoms with Crippen molar-refractivity contribution in [1.82, 2.24) is 5.32 Å². The van der Waals surface area contributed by atoms with E-state index in [-0.39, 0.29) is 0 Å². The predicted octanol–water partition coefficient (Wildman–Crippen LogP) is 2.61. The maximum atomic E-state index is 5.86. The fourth-order valence-electron chi connectivity index (χ4n) is 1.74. The van der Waals surface area contributed by atoms with Crippen LogP contribution in [0, 0.1) is 0 Å². The summed E-state index contributed by atoms with van der Waals surface area (Å²) in [5, 5.41) is 3.32. The molecule has 1 rings (SSSR count). The van der Waals surface area contributed by atoms with Crippen LogP contribution in [0.25, 0.3) is 0 Å². The standard InChI is InChI=1S/C15H25NO3/c1-4-5-10-19-15-13(12-16-9-11-17-2)7-6-8-14(15)18-3/h6-8,16H,4-5,9-12H2,1-3H3. The number of unbranched alkanes of at least 4 members (excludes halogenated alkanes) is 1. The lowest BCUT2D eigenvalue weighted by Crippen LogP contribution is -2.19. The SMILES string of the molecule is CCCCOc1c(CNCCOC)cccc1OC. The van der Waals surface area contributed by atoms with Crippen molar-refractivity contribution in [3.8, 4) is 11.5 Å². The summed E-state index contributed by atoms with van der Waals surface area (Å²) in [6, 6.07) is 5.97. The zero-order valence-corrected chi connectivity index (χ0v) is 12.2. The molecule has 0 atom stereocenters. The number of hydrogen-bond donors (Lipinski definition) is 1. The van der Waals surface area contributed by atoms with Crippen LogP contribution in [-0.4, -0.2) is 34.0 Å². The molecule has 0 aliphatic carbocycles. The number of hydrogen-bond acceptors (Lipinski definition) is 4. The molecule has 1 aromatic rings. The predicted molar refractivity (Wildman–Crippen MR) is 77.0 cm³/mol. The number of nitrogens with one attached hydrogen (secondary N) is 1. The van der Waals surface area contributed by atoms with Crippen LogP contribution in [0.2, 0.25) is 0 Å². The van der Waals surface area contributed by atoms with Crippen molar-refractivity contribution in [3.05, 3.63) is 23.8 Å². The Balaban J connectivity index is 2.65. The molecule has 0 aliphatic rings. The van der Waals surface area contributed by atoms with Crippen molar-refractivity contribution in [1.29, 1.82) is 0 Å². The molecule has 0 heterocycles. The van der Waals surface area contributed by atoms with Crippen LogP contribution >= 0.6 is 0 Å². The van der Waals surface area contributed by atoms with Gasteiger partial charge in [-0.15, -0.1) is 0 Å². The van der Waals surface area contributed by atoms with Gasteiger partial charge in [0.15, 0.2) is 11.5 Å². The highest BCUT2D eigenvalue weighted by Gasteiger charge is 2.09. The van der Waals surface area contributed by atoms with E-state index in [0.717, 1.165) is 49.6 Å². The van der Waals surface area contributed by atoms with Crippen molar-refractivity contribution < 1.29 is 14.2 Å². The lowest BCUT2D eigenvalue weighted by molar-refractivity contribution is 0.199. The van der Waals surface area contributed by atoms with Gasteiger partial charge in [-0.1, -0.05) is 25.5 Å². The van der Waals surface area contributed by atoms with E-state index in [9.17, 15) is 0 Å². The van der Waals surface area contributed by atoms with Gasteiger partial charge in [0.2, 0.25) is 0 Å². The molecule has 4 nitrogen and oxygen atoms in total. The lowest BCUT2D eigenvalue weighted by atomic mass is 10.2. The van der Waals surface area contributed by atoms with E-state index in [1.807, 2.05) is 12.1 Å². The monoisotopic (exact) mass is 267 g/mol. The minimum atomic E-state index is 0.704. The minimum absolute atomic E-state index is 0.704. The zero-order valence-electron chi connectivity index (χ0n) is 12.2. The van der Waals surface area contributed by atoms with Crippen molar-refractivity contribution >= 4 is 0 Å². The Morgan fingerprint density at radius 3 is 2.68 bits per heavy atom. The molecular formula is C15H25NO3. The van der Waals surface area contributed by atoms with E-state index >= 15 is 0 Å². The normalized spacial score (nSPS) is 10.5. The molecule has 0 fully saturated rings. The largest absolute Gasteiger partial charge is 0.493 e. The first-order valence-corrected chi connectivity index (χ1v) is 6.81. The van der Waals surface area contributed by atoms with Crippen molar-refractivity contribution in [2.75, 3.05) is 34.0 Å². The second-order valence-corrected chi connectivity index (χ2v) is 4.32. The molecule has 0 radical (unpaired) electrons. The van der Waals surface area contributed by atoms with Gasteiger partial charge in [0, 0.05) is 25.8 Å². The molecule has 0 bridgehead atoms. The van der Waals surface area contributed by atoms with E-state index in [4.69, 9.17) is 14.2 Å². The summed E-state index contributed by atoms with van der Waals surface area (Å²) in [5.41, 5.74) is 1.12. The van der Waals surface area contributed by atoms with Gasteiger partial charge in [-0.3, -0.25) is 0 Å². The smallest absolute Gasteiger partial charge is 0.165 e. The molecule has 0 amide bonds. The van der Waals surface area contributed by atoms with Crippen LogP contribution in [0.4, 0.5) is 0 Å². The Bertz CT molecular complexity index is 355. The van der Waals surface area contributed by atoms with Crippen molar-refractivity contribution in [2.45, 2.75) is 26.3 Å². The fourth-order valence-corrected chi connectivity index (χ4v) is 1.74. The maximum Gasteiger partial charge on any atom is 0.165 e. The summed E-state index contributed by atoms with van der Waals surface area (Å²) < 4.78 is 16.2. The van der Waals surface area contributed by atoms with E-state index in [2.05, 4.69) is 18.3 Å². The molecule has 0 saturated carbocycles. The number of para-hydroxylation sites is 1. The lowest BCUT2D eigenvalue weighted by Gasteiger charge is -2.15. The Morgan fingerprint density at radius 1 is 1.16 bits per heavy atom. The van der Waals surface area contributed by atoms with Gasteiger partial charge in [-0.2, -0.15) is 0 Å². The number of ether oxygens (including phenoxy) is 3. The van der Waals surface area contributed by atoms with Crippen LogP contribution in [-0.2, 0) is 11.3 Å². The third kappa shape index (κ3) is 5.49. The van der Waals surface area contributed by atoms with Crippen LogP contribution in [0.1, 0.15) is 25.3 Å². The Morgan fingerprint density at radius 2 is 2.00 bits per heavy atom. The van der Waals surface area contributed by atoms with Gasteiger partial charge < -0.3 is 19.5 Å². The Hall–Kier alpha value is -1.26. The van der Waals surface area contributed by atoms with E-state index in [1.54, 1.807) is 14.2 Å². The summed E-state index contributed by atoms with van der Waals surface area (Å²) in [7, 11) is 3.37. The molecule has 108 valence electrons. The van der Waals surface area contributed by atoms with Gasteiger partial charge in [0.25, 0.3) is 0 Å². The Labute approximate surface area is 116 Å². The maximum absolute atomic E-state index is 5.86. The van der Waals surface area contributed by atoms with Gasteiger partial charge in [-0.05, 0) is 12.5 Å². The third-order valence-electron chi connectivity index (χ3n) is 2.82. The van der Waals surface area contributed by atoms with Gasteiger partial charge in [0.05, 0.1) is 20.3 Å². The van der Waals surface area contributed by atoms with Crippen LogP contribution < -0.4 is 14.8 Å². The highest BCUT2D eigenvalue weighted by Crippen LogP contribution is 2.31. The molecule has 0 saturated heterocycles. The average molecular weight is 267 g/mol. The average Bonchev–Trinajstić information content (AvgIpc) is 2.44. The van der Waals surface area contributed by atoms with E-state index in [1.165, 1.54) is 0 Å². The van der Waals surface area contributed by atoms with Gasteiger partial charge in [0.1, 0.15) is 0 Å². The zero-order chi connectivity index (χ0) is 13.9. The quantitative estimate of drug-likeness (QED) is 0.661. The first kappa shape index (κ1) is 15.8. The van der Waals surface area contributed by atoms with Crippen LogP contribution in [0.5, 0.6) is 11.5 Å². The molecule has 0 aromatic heterocycles. The molecule has 0 spiro atoms. The fraction of sp³-hybridized carbons (Fsp3) is 0.600. The van der Waals surface area contributed by atoms with E-state index in [0.29, 0.717) is 6.61 Å². The second-order valence-electron chi connectivity index (χ2n) is 4.32. The summed E-state index contributed by atoms with van der Waals surface area (Å²) in [6.45, 7) is 5.15. The summed E-state index contributed by atoms with van der Waals surface area (Å²) in [4.78, 5) is 0.